The number of ether oxygens (including phenoxy) is 1. The Hall–Kier alpha value is -2.20. The summed E-state index contributed by atoms with van der Waals surface area (Å²) in [6, 6.07) is 17.4. The second-order valence-electron chi connectivity index (χ2n) is 5.76. The average molecular weight is 345 g/mol. The quantitative estimate of drug-likeness (QED) is 0.832. The van der Waals surface area contributed by atoms with Crippen LogP contribution in [-0.2, 0) is 4.79 Å². The minimum Gasteiger partial charge on any atom is -0.493 e. The van der Waals surface area contributed by atoms with Crippen LogP contribution in [0.25, 0.3) is 0 Å². The molecule has 0 aliphatic carbocycles. The molecule has 126 valence electrons. The number of hydrogen-bond donors (Lipinski definition) is 0. The van der Waals surface area contributed by atoms with Crippen LogP contribution >= 0.6 is 11.6 Å². The molecule has 0 unspecified atom stereocenters. The van der Waals surface area contributed by atoms with Crippen molar-refractivity contribution in [2.45, 2.75) is 6.42 Å². The van der Waals surface area contributed by atoms with Crippen LogP contribution in [0.3, 0.4) is 0 Å². The van der Waals surface area contributed by atoms with Gasteiger partial charge in [0.15, 0.2) is 0 Å². The zero-order valence-electron chi connectivity index (χ0n) is 13.5. The first-order valence-electron chi connectivity index (χ1n) is 8.18. The van der Waals surface area contributed by atoms with Crippen molar-refractivity contribution < 1.29 is 9.53 Å². The highest BCUT2D eigenvalue weighted by Gasteiger charge is 2.21. The van der Waals surface area contributed by atoms with Crippen LogP contribution in [0.15, 0.2) is 54.6 Å². The largest absolute Gasteiger partial charge is 0.493 e. The van der Waals surface area contributed by atoms with Gasteiger partial charge >= 0.3 is 0 Å². The van der Waals surface area contributed by atoms with E-state index in [-0.39, 0.29) is 5.91 Å². The zero-order valence-corrected chi connectivity index (χ0v) is 14.3. The fourth-order valence-electron chi connectivity index (χ4n) is 2.82. The fraction of sp³-hybridized carbons (Fsp3) is 0.316. The van der Waals surface area contributed by atoms with Crippen molar-refractivity contribution >= 4 is 23.2 Å². The van der Waals surface area contributed by atoms with Crippen LogP contribution in [0.5, 0.6) is 5.75 Å². The lowest BCUT2D eigenvalue weighted by Gasteiger charge is -2.36. The van der Waals surface area contributed by atoms with Crippen LogP contribution < -0.4 is 9.64 Å². The monoisotopic (exact) mass is 344 g/mol. The van der Waals surface area contributed by atoms with Crippen LogP contribution in [0.4, 0.5) is 5.69 Å². The number of hydrogen-bond acceptors (Lipinski definition) is 3. The maximum atomic E-state index is 12.3. The average Bonchev–Trinajstić information content (AvgIpc) is 2.63. The van der Waals surface area contributed by atoms with Gasteiger partial charge in [-0.25, -0.2) is 0 Å². The van der Waals surface area contributed by atoms with Crippen molar-refractivity contribution in [2.75, 3.05) is 37.7 Å². The predicted octanol–water partition coefficient (Wildman–Crippen LogP) is 3.46. The summed E-state index contributed by atoms with van der Waals surface area (Å²) in [5.74, 6) is 0.952. The molecule has 0 aromatic heterocycles. The fourth-order valence-corrected chi connectivity index (χ4v) is 3.00. The number of rotatable bonds is 5. The molecule has 5 heteroatoms. The Morgan fingerprint density at radius 3 is 2.46 bits per heavy atom. The molecule has 1 aliphatic rings. The van der Waals surface area contributed by atoms with E-state index in [1.807, 2.05) is 53.4 Å². The molecule has 1 saturated heterocycles. The molecule has 0 atom stereocenters. The number of piperazine rings is 1. The van der Waals surface area contributed by atoms with Crippen LogP contribution in [0.1, 0.15) is 6.42 Å². The van der Waals surface area contributed by atoms with E-state index in [0.717, 1.165) is 42.6 Å². The van der Waals surface area contributed by atoms with Gasteiger partial charge in [0.2, 0.25) is 5.91 Å². The van der Waals surface area contributed by atoms with Gasteiger partial charge < -0.3 is 14.5 Å². The maximum Gasteiger partial charge on any atom is 0.226 e. The third-order valence-corrected chi connectivity index (χ3v) is 4.37. The summed E-state index contributed by atoms with van der Waals surface area (Å²) in [4.78, 5) is 16.5. The van der Waals surface area contributed by atoms with Gasteiger partial charge in [-0.2, -0.15) is 0 Å². The van der Waals surface area contributed by atoms with Crippen molar-refractivity contribution in [3.63, 3.8) is 0 Å². The van der Waals surface area contributed by atoms with Crippen LogP contribution in [0.2, 0.25) is 5.02 Å². The van der Waals surface area contributed by atoms with Crippen molar-refractivity contribution in [3.8, 4) is 5.75 Å². The summed E-state index contributed by atoms with van der Waals surface area (Å²) in [5.41, 5.74) is 1.11. The Kier molecular flexibility index (Phi) is 5.59. The van der Waals surface area contributed by atoms with E-state index in [4.69, 9.17) is 16.3 Å². The lowest BCUT2D eigenvalue weighted by Crippen LogP contribution is -2.49. The summed E-state index contributed by atoms with van der Waals surface area (Å²) in [6.07, 6.45) is 0.409. The molecule has 24 heavy (non-hydrogen) atoms. The SMILES string of the molecule is O=C(CCOc1ccccc1)N1CCN(c2cccc(Cl)c2)CC1. The van der Waals surface area contributed by atoms with Gasteiger partial charge in [0.25, 0.3) is 0 Å². The van der Waals surface area contributed by atoms with Crippen molar-refractivity contribution in [1.82, 2.24) is 4.90 Å². The second-order valence-corrected chi connectivity index (χ2v) is 6.20. The number of carbonyl (C=O) groups excluding carboxylic acids is 1. The van der Waals surface area contributed by atoms with Crippen molar-refractivity contribution in [1.29, 1.82) is 0 Å². The van der Waals surface area contributed by atoms with Gasteiger partial charge in [-0.1, -0.05) is 35.9 Å². The van der Waals surface area contributed by atoms with E-state index in [1.165, 1.54) is 0 Å². The van der Waals surface area contributed by atoms with Crippen LogP contribution in [-0.4, -0.2) is 43.6 Å². The number of amides is 1. The smallest absolute Gasteiger partial charge is 0.226 e. The van der Waals surface area contributed by atoms with Gasteiger partial charge in [-0.05, 0) is 30.3 Å². The Morgan fingerprint density at radius 2 is 1.75 bits per heavy atom. The first kappa shape index (κ1) is 16.7. The molecule has 0 spiro atoms. The van der Waals surface area contributed by atoms with E-state index in [9.17, 15) is 4.79 Å². The minimum atomic E-state index is 0.150. The number of para-hydroxylation sites is 1. The molecule has 0 saturated carbocycles. The molecule has 0 N–H and O–H groups in total. The van der Waals surface area contributed by atoms with E-state index in [2.05, 4.69) is 11.0 Å². The topological polar surface area (TPSA) is 32.8 Å². The third kappa shape index (κ3) is 4.42. The van der Waals surface area contributed by atoms with Crippen molar-refractivity contribution in [2.24, 2.45) is 0 Å². The van der Waals surface area contributed by atoms with Gasteiger partial charge in [-0.15, -0.1) is 0 Å². The molecule has 1 fully saturated rings. The third-order valence-electron chi connectivity index (χ3n) is 4.13. The number of benzene rings is 2. The molecule has 3 rings (SSSR count). The molecular formula is C19H21ClN2O2. The molecule has 1 aliphatic heterocycles. The molecule has 2 aromatic carbocycles. The Labute approximate surface area is 147 Å². The zero-order chi connectivity index (χ0) is 16.8. The molecular weight excluding hydrogens is 324 g/mol. The number of carbonyl (C=O) groups is 1. The Balaban J connectivity index is 1.43. The van der Waals surface area contributed by atoms with Crippen molar-refractivity contribution in [3.05, 3.63) is 59.6 Å². The lowest BCUT2D eigenvalue weighted by atomic mass is 10.2. The highest BCUT2D eigenvalue weighted by atomic mass is 35.5. The van der Waals surface area contributed by atoms with E-state index < -0.39 is 0 Å². The molecule has 1 amide bonds. The Bertz CT molecular complexity index is 670. The summed E-state index contributed by atoms with van der Waals surface area (Å²) in [5, 5.41) is 0.740. The minimum absolute atomic E-state index is 0.150. The normalized spacial score (nSPS) is 14.5. The standard InChI is InChI=1S/C19H21ClN2O2/c20-16-5-4-6-17(15-16)21-10-12-22(13-11-21)19(23)9-14-24-18-7-2-1-3-8-18/h1-8,15H,9-14H2. The molecule has 4 nitrogen and oxygen atoms in total. The highest BCUT2D eigenvalue weighted by Crippen LogP contribution is 2.21. The highest BCUT2D eigenvalue weighted by molar-refractivity contribution is 6.30. The van der Waals surface area contributed by atoms with E-state index in [1.54, 1.807) is 0 Å². The predicted molar refractivity (Wildman–Crippen MR) is 96.8 cm³/mol. The second kappa shape index (κ2) is 8.06. The maximum absolute atomic E-state index is 12.3. The number of anilines is 1. The van der Waals surface area contributed by atoms with Crippen LogP contribution in [0, 0.1) is 0 Å². The lowest BCUT2D eigenvalue weighted by molar-refractivity contribution is -0.132. The van der Waals surface area contributed by atoms with Gasteiger partial charge in [-0.3, -0.25) is 4.79 Å². The molecule has 1 heterocycles. The summed E-state index contributed by atoms with van der Waals surface area (Å²) < 4.78 is 5.60. The summed E-state index contributed by atoms with van der Waals surface area (Å²) in [7, 11) is 0. The van der Waals surface area contributed by atoms with Gasteiger partial charge in [0.1, 0.15) is 5.75 Å². The summed E-state index contributed by atoms with van der Waals surface area (Å²) >= 11 is 6.05. The van der Waals surface area contributed by atoms with E-state index >= 15 is 0 Å². The molecule has 0 bridgehead atoms. The molecule has 2 aromatic rings. The molecule has 0 radical (unpaired) electrons. The van der Waals surface area contributed by atoms with E-state index in [0.29, 0.717) is 13.0 Å². The van der Waals surface area contributed by atoms with Gasteiger partial charge in [0, 0.05) is 36.9 Å². The van der Waals surface area contributed by atoms with Gasteiger partial charge in [0.05, 0.1) is 13.0 Å². The first-order valence-corrected chi connectivity index (χ1v) is 8.56. The Morgan fingerprint density at radius 1 is 1.00 bits per heavy atom. The summed E-state index contributed by atoms with van der Waals surface area (Å²) in [6.45, 7) is 3.53. The first-order chi connectivity index (χ1) is 11.7. The number of nitrogens with zero attached hydrogens (tertiary/aromatic N) is 2. The number of halogens is 1.